The Labute approximate surface area is 144 Å². The molecule has 0 aliphatic rings. The van der Waals surface area contributed by atoms with Crippen LogP contribution in [-0.4, -0.2) is 32.0 Å². The summed E-state index contributed by atoms with van der Waals surface area (Å²) in [6.07, 6.45) is 1.60. The highest BCUT2D eigenvalue weighted by atomic mass is 32.2. The van der Waals surface area contributed by atoms with Crippen LogP contribution in [0.5, 0.6) is 0 Å². The van der Waals surface area contributed by atoms with Crippen molar-refractivity contribution in [1.82, 2.24) is 20.1 Å². The first-order valence-corrected chi connectivity index (χ1v) is 8.47. The molecule has 2 aromatic rings. The molecule has 2 rings (SSSR count). The quantitative estimate of drug-likeness (QED) is 0.771. The fourth-order valence-electron chi connectivity index (χ4n) is 2.28. The van der Waals surface area contributed by atoms with Gasteiger partial charge in [0.1, 0.15) is 5.76 Å². The summed E-state index contributed by atoms with van der Waals surface area (Å²) in [5.74, 6) is 0.981. The predicted molar refractivity (Wildman–Crippen MR) is 90.3 cm³/mol. The van der Waals surface area contributed by atoms with Gasteiger partial charge >= 0.3 is 6.03 Å². The van der Waals surface area contributed by atoms with E-state index in [4.69, 9.17) is 10.2 Å². The van der Waals surface area contributed by atoms with Crippen LogP contribution in [0.15, 0.2) is 21.9 Å². The number of rotatable bonds is 6. The maximum absolute atomic E-state index is 12.2. The summed E-state index contributed by atoms with van der Waals surface area (Å²) in [4.78, 5) is 23.1. The van der Waals surface area contributed by atoms with E-state index in [9.17, 15) is 9.59 Å². The van der Waals surface area contributed by atoms with Gasteiger partial charge in [0, 0.05) is 6.54 Å². The van der Waals surface area contributed by atoms with Crippen molar-refractivity contribution in [2.75, 3.05) is 0 Å². The number of thioether (sulfide) groups is 1. The first-order chi connectivity index (χ1) is 11.3. The molecule has 0 bridgehead atoms. The van der Waals surface area contributed by atoms with Gasteiger partial charge in [-0.1, -0.05) is 25.6 Å². The molecule has 1 atom stereocenters. The number of furan rings is 1. The van der Waals surface area contributed by atoms with Crippen LogP contribution < -0.4 is 11.1 Å². The molecule has 3 N–H and O–H groups in total. The van der Waals surface area contributed by atoms with Gasteiger partial charge in [0.15, 0.2) is 11.0 Å². The van der Waals surface area contributed by atoms with Gasteiger partial charge in [-0.25, -0.2) is 4.79 Å². The van der Waals surface area contributed by atoms with Crippen molar-refractivity contribution in [3.63, 3.8) is 0 Å². The maximum atomic E-state index is 12.2. The van der Waals surface area contributed by atoms with E-state index in [1.54, 1.807) is 6.26 Å². The SMILES string of the molecule is CCn1c(S[C@H](C(=O)NC(N)=O)C(C)C)nnc1-c1ccoc1C. The minimum Gasteiger partial charge on any atom is -0.469 e. The Hall–Kier alpha value is -2.29. The molecule has 0 aliphatic carbocycles. The predicted octanol–water partition coefficient (Wildman–Crippen LogP) is 2.18. The molecule has 130 valence electrons. The number of nitrogens with zero attached hydrogens (tertiary/aromatic N) is 3. The molecule has 0 radical (unpaired) electrons. The number of urea groups is 1. The Morgan fingerprint density at radius 2 is 2.12 bits per heavy atom. The van der Waals surface area contributed by atoms with Gasteiger partial charge in [0.05, 0.1) is 17.1 Å². The van der Waals surface area contributed by atoms with Gasteiger partial charge < -0.3 is 14.7 Å². The second kappa shape index (κ2) is 7.52. The topological polar surface area (TPSA) is 116 Å². The van der Waals surface area contributed by atoms with Crippen LogP contribution in [0.3, 0.4) is 0 Å². The highest BCUT2D eigenvalue weighted by Crippen LogP contribution is 2.31. The van der Waals surface area contributed by atoms with E-state index in [2.05, 4.69) is 15.5 Å². The average molecular weight is 351 g/mol. The summed E-state index contributed by atoms with van der Waals surface area (Å²) >= 11 is 1.26. The van der Waals surface area contributed by atoms with E-state index < -0.39 is 17.2 Å². The highest BCUT2D eigenvalue weighted by Gasteiger charge is 2.28. The third-order valence-corrected chi connectivity index (χ3v) is 5.00. The molecule has 3 amide bonds. The van der Waals surface area contributed by atoms with Gasteiger partial charge in [-0.05, 0) is 25.8 Å². The number of imide groups is 1. The van der Waals surface area contributed by atoms with E-state index in [1.807, 2.05) is 38.3 Å². The van der Waals surface area contributed by atoms with Crippen LogP contribution in [0.1, 0.15) is 26.5 Å². The Bertz CT molecular complexity index is 737. The zero-order valence-electron chi connectivity index (χ0n) is 14.1. The lowest BCUT2D eigenvalue weighted by Gasteiger charge is -2.18. The van der Waals surface area contributed by atoms with Crippen molar-refractivity contribution in [1.29, 1.82) is 0 Å². The molecular weight excluding hydrogens is 330 g/mol. The van der Waals surface area contributed by atoms with Crippen LogP contribution in [0.2, 0.25) is 0 Å². The van der Waals surface area contributed by atoms with Crippen molar-refractivity contribution in [2.45, 2.75) is 44.6 Å². The number of hydrogen-bond acceptors (Lipinski definition) is 6. The molecule has 0 spiro atoms. The minimum atomic E-state index is -0.863. The van der Waals surface area contributed by atoms with Crippen LogP contribution in [0.25, 0.3) is 11.4 Å². The first-order valence-electron chi connectivity index (χ1n) is 7.59. The number of hydrogen-bond donors (Lipinski definition) is 2. The number of aromatic nitrogens is 3. The molecule has 2 aromatic heterocycles. The standard InChI is InChI=1S/C15H21N5O3S/c1-5-20-12(10-6-7-23-9(10)4)18-19-15(20)24-11(8(2)3)13(21)17-14(16)22/h6-8,11H,5H2,1-4H3,(H3,16,17,21,22)/t11-/m0/s1. The highest BCUT2D eigenvalue weighted by molar-refractivity contribution is 8.00. The first kappa shape index (κ1) is 18.1. The van der Waals surface area contributed by atoms with E-state index in [1.165, 1.54) is 11.8 Å². The van der Waals surface area contributed by atoms with Gasteiger partial charge in [-0.15, -0.1) is 10.2 Å². The minimum absolute atomic E-state index is 0.0181. The average Bonchev–Trinajstić information content (AvgIpc) is 3.08. The zero-order valence-corrected chi connectivity index (χ0v) is 14.9. The van der Waals surface area contributed by atoms with Crippen molar-refractivity contribution < 1.29 is 14.0 Å². The van der Waals surface area contributed by atoms with Crippen molar-refractivity contribution in [3.05, 3.63) is 18.1 Å². The van der Waals surface area contributed by atoms with Gasteiger partial charge in [0.2, 0.25) is 5.91 Å². The Morgan fingerprint density at radius 3 is 2.62 bits per heavy atom. The van der Waals surface area contributed by atoms with Crippen molar-refractivity contribution >= 4 is 23.7 Å². The lowest BCUT2D eigenvalue weighted by molar-refractivity contribution is -0.120. The fraction of sp³-hybridized carbons (Fsp3) is 0.467. The number of primary amides is 1. The number of carbonyl (C=O) groups is 2. The van der Waals surface area contributed by atoms with Gasteiger partial charge in [-0.3, -0.25) is 10.1 Å². The zero-order chi connectivity index (χ0) is 17.9. The smallest absolute Gasteiger partial charge is 0.318 e. The summed E-state index contributed by atoms with van der Waals surface area (Å²) in [5.41, 5.74) is 5.90. The number of carbonyl (C=O) groups excluding carboxylic acids is 2. The molecule has 0 saturated carbocycles. The van der Waals surface area contributed by atoms with Crippen LogP contribution in [0, 0.1) is 12.8 Å². The molecule has 2 heterocycles. The van der Waals surface area contributed by atoms with Crippen LogP contribution >= 0.6 is 11.8 Å². The van der Waals surface area contributed by atoms with Crippen LogP contribution in [0.4, 0.5) is 4.79 Å². The molecule has 9 heteroatoms. The number of nitrogens with one attached hydrogen (secondary N) is 1. The molecule has 0 aromatic carbocycles. The van der Waals surface area contributed by atoms with E-state index in [-0.39, 0.29) is 5.92 Å². The van der Waals surface area contributed by atoms with Gasteiger partial charge in [0.25, 0.3) is 0 Å². The van der Waals surface area contributed by atoms with E-state index >= 15 is 0 Å². The molecule has 8 nitrogen and oxygen atoms in total. The molecule has 0 fully saturated rings. The maximum Gasteiger partial charge on any atom is 0.318 e. The third-order valence-electron chi connectivity index (χ3n) is 3.48. The summed E-state index contributed by atoms with van der Waals surface area (Å²) in [5, 5.41) is 10.7. The number of aryl methyl sites for hydroxylation is 1. The van der Waals surface area contributed by atoms with E-state index in [0.29, 0.717) is 17.5 Å². The monoisotopic (exact) mass is 351 g/mol. The number of nitrogens with two attached hydrogens (primary N) is 1. The second-order valence-electron chi connectivity index (χ2n) is 5.58. The molecule has 0 unspecified atom stereocenters. The third kappa shape index (κ3) is 3.78. The Balaban J connectivity index is 2.31. The summed E-state index contributed by atoms with van der Waals surface area (Å²) in [6, 6.07) is 0.970. The second-order valence-corrected chi connectivity index (χ2v) is 6.69. The van der Waals surface area contributed by atoms with Crippen molar-refractivity contribution in [3.8, 4) is 11.4 Å². The molecule has 0 saturated heterocycles. The van der Waals surface area contributed by atoms with Gasteiger partial charge in [-0.2, -0.15) is 0 Å². The largest absolute Gasteiger partial charge is 0.469 e. The number of amides is 3. The molecular formula is C15H21N5O3S. The Morgan fingerprint density at radius 1 is 1.42 bits per heavy atom. The van der Waals surface area contributed by atoms with Crippen LogP contribution in [-0.2, 0) is 11.3 Å². The van der Waals surface area contributed by atoms with Crippen molar-refractivity contribution in [2.24, 2.45) is 11.7 Å². The lowest BCUT2D eigenvalue weighted by atomic mass is 10.1. The lowest BCUT2D eigenvalue weighted by Crippen LogP contribution is -2.42. The normalized spacial score (nSPS) is 12.4. The molecule has 0 aliphatic heterocycles. The summed E-state index contributed by atoms with van der Waals surface area (Å²) in [7, 11) is 0. The van der Waals surface area contributed by atoms with E-state index in [0.717, 1.165) is 11.3 Å². The summed E-state index contributed by atoms with van der Waals surface area (Å²) < 4.78 is 7.24. The molecule has 24 heavy (non-hydrogen) atoms. The summed E-state index contributed by atoms with van der Waals surface area (Å²) in [6.45, 7) is 8.25. The Kier molecular flexibility index (Phi) is 5.66. The fourth-order valence-corrected chi connectivity index (χ4v) is 3.37.